The van der Waals surface area contributed by atoms with E-state index in [1.54, 1.807) is 22.8 Å². The van der Waals surface area contributed by atoms with Crippen LogP contribution in [0.4, 0.5) is 0 Å². The van der Waals surface area contributed by atoms with E-state index in [9.17, 15) is 19.5 Å². The van der Waals surface area contributed by atoms with E-state index in [0.29, 0.717) is 26.2 Å². The van der Waals surface area contributed by atoms with Gasteiger partial charge < -0.3 is 19.6 Å². The lowest BCUT2D eigenvalue weighted by atomic mass is 10.1. The minimum atomic E-state index is -0.738. The fourth-order valence-corrected chi connectivity index (χ4v) is 2.38. The van der Waals surface area contributed by atoms with Crippen molar-refractivity contribution in [3.63, 3.8) is 0 Å². The van der Waals surface area contributed by atoms with Crippen molar-refractivity contribution < 1.29 is 24.2 Å². The first-order valence-electron chi connectivity index (χ1n) is 7.38. The van der Waals surface area contributed by atoms with Gasteiger partial charge >= 0.3 is 5.97 Å². The molecule has 2 amide bonds. The van der Waals surface area contributed by atoms with Gasteiger partial charge in [-0.25, -0.2) is 4.79 Å². The van der Waals surface area contributed by atoms with E-state index in [1.807, 2.05) is 0 Å². The van der Waals surface area contributed by atoms with Gasteiger partial charge in [-0.05, 0) is 24.6 Å². The van der Waals surface area contributed by atoms with Crippen molar-refractivity contribution in [3.05, 3.63) is 29.3 Å². The van der Waals surface area contributed by atoms with E-state index in [4.69, 9.17) is 4.74 Å². The molecule has 1 fully saturated rings. The van der Waals surface area contributed by atoms with Crippen LogP contribution in [0.5, 0.6) is 5.75 Å². The highest BCUT2D eigenvalue weighted by Gasteiger charge is 2.23. The Morgan fingerprint density at radius 1 is 1.13 bits per heavy atom. The summed E-state index contributed by atoms with van der Waals surface area (Å²) in [5, 5.41) is 9.72. The first kappa shape index (κ1) is 16.8. The minimum absolute atomic E-state index is 0.0154. The maximum absolute atomic E-state index is 12.0. The molecule has 1 aromatic rings. The Morgan fingerprint density at radius 3 is 2.30 bits per heavy atom. The van der Waals surface area contributed by atoms with Crippen molar-refractivity contribution in [2.75, 3.05) is 32.8 Å². The number of aromatic hydroxyl groups is 1. The van der Waals surface area contributed by atoms with Crippen LogP contribution in [0.25, 0.3) is 0 Å². The molecule has 0 unspecified atom stereocenters. The summed E-state index contributed by atoms with van der Waals surface area (Å²) >= 11 is 0. The summed E-state index contributed by atoms with van der Waals surface area (Å²) in [7, 11) is 0. The maximum Gasteiger partial charge on any atom is 0.342 e. The highest BCUT2D eigenvalue weighted by atomic mass is 16.5. The quantitative estimate of drug-likeness (QED) is 0.822. The number of aryl methyl sites for hydroxylation is 1. The smallest absolute Gasteiger partial charge is 0.342 e. The summed E-state index contributed by atoms with van der Waals surface area (Å²) < 4.78 is 4.97. The Kier molecular flexibility index (Phi) is 5.20. The summed E-state index contributed by atoms with van der Waals surface area (Å²) in [5.41, 5.74) is 0.850. The van der Waals surface area contributed by atoms with Crippen LogP contribution in [-0.2, 0) is 14.3 Å². The van der Waals surface area contributed by atoms with Crippen molar-refractivity contribution in [2.45, 2.75) is 13.8 Å². The molecule has 0 spiro atoms. The predicted octanol–water partition coefficient (Wildman–Crippen LogP) is 0.548. The largest absolute Gasteiger partial charge is 0.507 e. The van der Waals surface area contributed by atoms with Crippen LogP contribution in [0, 0.1) is 6.92 Å². The molecule has 23 heavy (non-hydrogen) atoms. The zero-order valence-corrected chi connectivity index (χ0v) is 13.2. The molecular weight excluding hydrogens is 300 g/mol. The number of hydrogen-bond acceptors (Lipinski definition) is 5. The number of benzene rings is 1. The zero-order chi connectivity index (χ0) is 17.0. The monoisotopic (exact) mass is 320 g/mol. The molecule has 0 aromatic heterocycles. The number of carbonyl (C=O) groups excluding carboxylic acids is 3. The molecule has 7 nitrogen and oxygen atoms in total. The van der Waals surface area contributed by atoms with Crippen LogP contribution in [0.3, 0.4) is 0 Å². The van der Waals surface area contributed by atoms with Gasteiger partial charge in [-0.2, -0.15) is 0 Å². The molecule has 124 valence electrons. The highest BCUT2D eigenvalue weighted by molar-refractivity contribution is 5.94. The predicted molar refractivity (Wildman–Crippen MR) is 82.0 cm³/mol. The van der Waals surface area contributed by atoms with E-state index in [2.05, 4.69) is 0 Å². The summed E-state index contributed by atoms with van der Waals surface area (Å²) in [6.07, 6.45) is 0. The summed E-state index contributed by atoms with van der Waals surface area (Å²) in [4.78, 5) is 38.4. The Balaban J connectivity index is 1.85. The topological polar surface area (TPSA) is 87.2 Å². The Labute approximate surface area is 134 Å². The van der Waals surface area contributed by atoms with Crippen molar-refractivity contribution in [1.29, 1.82) is 0 Å². The summed E-state index contributed by atoms with van der Waals surface area (Å²) in [6, 6.07) is 4.60. The molecule has 1 aromatic carbocycles. The van der Waals surface area contributed by atoms with E-state index in [1.165, 1.54) is 19.1 Å². The van der Waals surface area contributed by atoms with Crippen molar-refractivity contribution >= 4 is 17.8 Å². The molecular formula is C16H20N2O5. The second-order valence-electron chi connectivity index (χ2n) is 5.48. The summed E-state index contributed by atoms with van der Waals surface area (Å²) in [5.74, 6) is -1.23. The van der Waals surface area contributed by atoms with Crippen molar-refractivity contribution in [2.24, 2.45) is 0 Å². The Morgan fingerprint density at radius 2 is 1.74 bits per heavy atom. The number of rotatable bonds is 3. The van der Waals surface area contributed by atoms with E-state index < -0.39 is 5.97 Å². The normalized spacial score (nSPS) is 14.5. The number of piperazine rings is 1. The molecule has 0 atom stereocenters. The van der Waals surface area contributed by atoms with Crippen LogP contribution in [0.15, 0.2) is 18.2 Å². The molecule has 1 heterocycles. The third kappa shape index (κ3) is 4.21. The number of hydrogen-bond donors (Lipinski definition) is 1. The number of phenolic OH excluding ortho intramolecular Hbond substituents is 1. The number of ether oxygens (including phenoxy) is 1. The first-order valence-corrected chi connectivity index (χ1v) is 7.38. The van der Waals surface area contributed by atoms with E-state index >= 15 is 0 Å². The van der Waals surface area contributed by atoms with Gasteiger partial charge in [0.1, 0.15) is 11.3 Å². The maximum atomic E-state index is 12.0. The molecule has 1 aliphatic rings. The van der Waals surface area contributed by atoms with Gasteiger partial charge in [0.25, 0.3) is 5.91 Å². The number of nitrogens with zero attached hydrogens (tertiary/aromatic N) is 2. The standard InChI is InChI=1S/C16H20N2O5/c1-11-3-4-13(14(20)9-11)16(22)23-10-15(21)18-7-5-17(6-8-18)12(2)19/h3-4,9,20H,5-8,10H2,1-2H3. The van der Waals surface area contributed by atoms with Crippen molar-refractivity contribution in [1.82, 2.24) is 9.80 Å². The molecule has 0 bridgehead atoms. The summed E-state index contributed by atoms with van der Waals surface area (Å²) in [6.45, 7) is 4.71. The van der Waals surface area contributed by atoms with Gasteiger partial charge in [-0.1, -0.05) is 6.07 Å². The molecule has 1 aliphatic heterocycles. The molecule has 2 rings (SSSR count). The number of carbonyl (C=O) groups is 3. The Bertz CT molecular complexity index is 621. The first-order chi connectivity index (χ1) is 10.9. The van der Waals surface area contributed by atoms with Crippen LogP contribution in [0.1, 0.15) is 22.8 Å². The fraction of sp³-hybridized carbons (Fsp3) is 0.438. The number of esters is 1. The fourth-order valence-electron chi connectivity index (χ4n) is 2.38. The van der Waals surface area contributed by atoms with Gasteiger partial charge in [-0.15, -0.1) is 0 Å². The van der Waals surface area contributed by atoms with Crippen molar-refractivity contribution in [3.8, 4) is 5.75 Å². The molecule has 1 N–H and O–H groups in total. The van der Waals surface area contributed by atoms with Gasteiger partial charge in [-0.3, -0.25) is 9.59 Å². The minimum Gasteiger partial charge on any atom is -0.507 e. The van der Waals surface area contributed by atoms with Crippen LogP contribution >= 0.6 is 0 Å². The lowest BCUT2D eigenvalue weighted by Gasteiger charge is -2.34. The SMILES string of the molecule is CC(=O)N1CCN(C(=O)COC(=O)c2ccc(C)cc2O)CC1. The molecule has 0 aliphatic carbocycles. The third-order valence-corrected chi connectivity index (χ3v) is 3.78. The average Bonchev–Trinajstić information content (AvgIpc) is 2.52. The highest BCUT2D eigenvalue weighted by Crippen LogP contribution is 2.19. The third-order valence-electron chi connectivity index (χ3n) is 3.78. The zero-order valence-electron chi connectivity index (χ0n) is 13.2. The van der Waals surface area contributed by atoms with Gasteiger partial charge in [0.2, 0.25) is 5.91 Å². The lowest BCUT2D eigenvalue weighted by Crippen LogP contribution is -2.51. The second kappa shape index (κ2) is 7.13. The van der Waals surface area contributed by atoms with Crippen LogP contribution in [0.2, 0.25) is 0 Å². The van der Waals surface area contributed by atoms with Gasteiger partial charge in [0.15, 0.2) is 6.61 Å². The van der Waals surface area contributed by atoms with Crippen LogP contribution < -0.4 is 0 Å². The number of phenols is 1. The van der Waals surface area contributed by atoms with Gasteiger partial charge in [0.05, 0.1) is 0 Å². The van der Waals surface area contributed by atoms with E-state index in [-0.39, 0.29) is 29.7 Å². The Hall–Kier alpha value is -2.57. The number of amides is 2. The second-order valence-corrected chi connectivity index (χ2v) is 5.48. The average molecular weight is 320 g/mol. The molecule has 0 radical (unpaired) electrons. The molecule has 7 heteroatoms. The van der Waals surface area contributed by atoms with E-state index in [0.717, 1.165) is 5.56 Å². The van der Waals surface area contributed by atoms with Crippen LogP contribution in [-0.4, -0.2) is 65.5 Å². The van der Waals surface area contributed by atoms with Gasteiger partial charge in [0, 0.05) is 33.1 Å². The lowest BCUT2D eigenvalue weighted by molar-refractivity contribution is -0.140. The molecule has 0 saturated carbocycles. The molecule has 1 saturated heterocycles.